The summed E-state index contributed by atoms with van der Waals surface area (Å²) in [6.07, 6.45) is 7.31. The van der Waals surface area contributed by atoms with E-state index in [9.17, 15) is 0 Å². The van der Waals surface area contributed by atoms with Gasteiger partial charge < -0.3 is 15.4 Å². The molecule has 0 unspecified atom stereocenters. The van der Waals surface area contributed by atoms with Crippen LogP contribution in [0.1, 0.15) is 45.4 Å². The van der Waals surface area contributed by atoms with Crippen LogP contribution in [-0.2, 0) is 0 Å². The fourth-order valence-electron chi connectivity index (χ4n) is 2.69. The van der Waals surface area contributed by atoms with Crippen LogP contribution in [0.15, 0.2) is 35.3 Å². The van der Waals surface area contributed by atoms with E-state index in [1.165, 1.54) is 25.7 Å². The summed E-state index contributed by atoms with van der Waals surface area (Å²) in [4.78, 5) is 4.66. The monoisotopic (exact) mass is 431 g/mol. The van der Waals surface area contributed by atoms with Crippen LogP contribution < -0.4 is 15.4 Å². The lowest BCUT2D eigenvalue weighted by molar-refractivity contribution is 0.308. The fraction of sp³-hybridized carbons (Fsp3) is 0.611. The Labute approximate surface area is 157 Å². The molecule has 0 aromatic heterocycles. The molecule has 0 heterocycles. The van der Waals surface area contributed by atoms with Crippen molar-refractivity contribution < 1.29 is 4.74 Å². The van der Waals surface area contributed by atoms with Gasteiger partial charge in [-0.3, -0.25) is 4.99 Å². The van der Waals surface area contributed by atoms with Crippen LogP contribution in [0.25, 0.3) is 0 Å². The molecule has 23 heavy (non-hydrogen) atoms. The first kappa shape index (κ1) is 20.1. The number of nitrogens with one attached hydrogen (secondary N) is 2. The molecule has 2 N–H and O–H groups in total. The van der Waals surface area contributed by atoms with E-state index in [-0.39, 0.29) is 24.0 Å². The zero-order valence-corrected chi connectivity index (χ0v) is 16.4. The number of guanidine groups is 1. The van der Waals surface area contributed by atoms with Gasteiger partial charge in [-0.2, -0.15) is 0 Å². The van der Waals surface area contributed by atoms with Gasteiger partial charge in [0.25, 0.3) is 0 Å². The van der Waals surface area contributed by atoms with Gasteiger partial charge in [0.05, 0.1) is 6.61 Å². The highest BCUT2D eigenvalue weighted by Gasteiger charge is 2.15. The maximum absolute atomic E-state index is 5.69. The SMILES string of the molecule is CCNC(=NCCCCOc1ccccc1)NC1CCCC1.I. The maximum Gasteiger partial charge on any atom is 0.191 e. The Morgan fingerprint density at radius 1 is 1.17 bits per heavy atom. The summed E-state index contributed by atoms with van der Waals surface area (Å²) >= 11 is 0. The third-order valence-electron chi connectivity index (χ3n) is 3.87. The number of aliphatic imine (C=N–C) groups is 1. The highest BCUT2D eigenvalue weighted by Crippen LogP contribution is 2.17. The van der Waals surface area contributed by atoms with Crippen LogP contribution in [0.5, 0.6) is 5.75 Å². The number of para-hydroxylation sites is 1. The molecular weight excluding hydrogens is 401 g/mol. The Hall–Kier alpha value is -0.980. The van der Waals surface area contributed by atoms with E-state index < -0.39 is 0 Å². The van der Waals surface area contributed by atoms with Gasteiger partial charge >= 0.3 is 0 Å². The van der Waals surface area contributed by atoms with Gasteiger partial charge in [0.1, 0.15) is 5.75 Å². The van der Waals surface area contributed by atoms with Crippen molar-refractivity contribution in [1.82, 2.24) is 10.6 Å². The molecule has 0 spiro atoms. The highest BCUT2D eigenvalue weighted by molar-refractivity contribution is 14.0. The second kappa shape index (κ2) is 12.4. The Morgan fingerprint density at radius 3 is 2.61 bits per heavy atom. The molecule has 0 aliphatic heterocycles. The lowest BCUT2D eigenvalue weighted by Gasteiger charge is -2.16. The van der Waals surface area contributed by atoms with E-state index in [0.29, 0.717) is 6.04 Å². The minimum atomic E-state index is 0. The number of nitrogens with zero attached hydrogens (tertiary/aromatic N) is 1. The number of ether oxygens (including phenoxy) is 1. The van der Waals surface area contributed by atoms with E-state index in [1.54, 1.807) is 0 Å². The van der Waals surface area contributed by atoms with Crippen molar-refractivity contribution in [3.8, 4) is 5.75 Å². The lowest BCUT2D eigenvalue weighted by atomic mass is 10.2. The zero-order chi connectivity index (χ0) is 15.5. The summed E-state index contributed by atoms with van der Waals surface area (Å²) in [6, 6.07) is 10.6. The molecule has 0 amide bonds. The van der Waals surface area contributed by atoms with Crippen LogP contribution >= 0.6 is 24.0 Å². The Morgan fingerprint density at radius 2 is 1.91 bits per heavy atom. The van der Waals surface area contributed by atoms with Crippen LogP contribution in [0, 0.1) is 0 Å². The molecule has 1 fully saturated rings. The average Bonchev–Trinajstić information content (AvgIpc) is 3.05. The largest absolute Gasteiger partial charge is 0.494 e. The number of benzene rings is 1. The van der Waals surface area contributed by atoms with Crippen molar-refractivity contribution in [2.45, 2.75) is 51.5 Å². The Bertz CT molecular complexity index is 433. The number of halogens is 1. The van der Waals surface area contributed by atoms with Gasteiger partial charge in [-0.25, -0.2) is 0 Å². The van der Waals surface area contributed by atoms with Crippen molar-refractivity contribution in [3.63, 3.8) is 0 Å². The summed E-state index contributed by atoms with van der Waals surface area (Å²) in [5, 5.41) is 6.88. The predicted molar refractivity (Wildman–Crippen MR) is 108 cm³/mol. The zero-order valence-electron chi connectivity index (χ0n) is 14.1. The molecule has 130 valence electrons. The summed E-state index contributed by atoms with van der Waals surface area (Å²) in [6.45, 7) is 4.63. The number of unbranched alkanes of at least 4 members (excludes halogenated alkanes) is 1. The number of rotatable bonds is 8. The minimum Gasteiger partial charge on any atom is -0.494 e. The second-order valence-corrected chi connectivity index (χ2v) is 5.75. The van der Waals surface area contributed by atoms with E-state index in [1.807, 2.05) is 30.3 Å². The van der Waals surface area contributed by atoms with Gasteiger partial charge in [0, 0.05) is 19.1 Å². The first-order valence-corrected chi connectivity index (χ1v) is 8.61. The summed E-state index contributed by atoms with van der Waals surface area (Å²) in [7, 11) is 0. The topological polar surface area (TPSA) is 45.7 Å². The van der Waals surface area contributed by atoms with Crippen molar-refractivity contribution in [2.24, 2.45) is 4.99 Å². The minimum absolute atomic E-state index is 0. The molecule has 1 aromatic carbocycles. The predicted octanol–water partition coefficient (Wildman–Crippen LogP) is 3.96. The standard InChI is InChI=1S/C18H29N3O.HI/c1-2-19-18(21-16-10-6-7-11-16)20-14-8-9-15-22-17-12-4-3-5-13-17;/h3-5,12-13,16H,2,6-11,14-15H2,1H3,(H2,19,20,21);1H. The molecule has 1 saturated carbocycles. The molecule has 5 heteroatoms. The van der Waals surface area contributed by atoms with Crippen LogP contribution in [0.3, 0.4) is 0 Å². The van der Waals surface area contributed by atoms with Crippen molar-refractivity contribution >= 4 is 29.9 Å². The highest BCUT2D eigenvalue weighted by atomic mass is 127. The summed E-state index contributed by atoms with van der Waals surface area (Å²) < 4.78 is 5.69. The molecule has 0 atom stereocenters. The number of hydrogen-bond donors (Lipinski definition) is 2. The third-order valence-corrected chi connectivity index (χ3v) is 3.87. The first-order chi connectivity index (χ1) is 10.9. The molecule has 0 saturated heterocycles. The van der Waals surface area contributed by atoms with Crippen molar-refractivity contribution in [1.29, 1.82) is 0 Å². The smallest absolute Gasteiger partial charge is 0.191 e. The fourth-order valence-corrected chi connectivity index (χ4v) is 2.69. The average molecular weight is 431 g/mol. The lowest BCUT2D eigenvalue weighted by Crippen LogP contribution is -2.42. The molecule has 1 aliphatic carbocycles. The molecule has 4 nitrogen and oxygen atoms in total. The van der Waals surface area contributed by atoms with Gasteiger partial charge in [-0.1, -0.05) is 31.0 Å². The van der Waals surface area contributed by atoms with Crippen molar-refractivity contribution in [3.05, 3.63) is 30.3 Å². The van der Waals surface area contributed by atoms with Crippen LogP contribution in [0.2, 0.25) is 0 Å². The Balaban J connectivity index is 0.00000264. The Kier molecular flexibility index (Phi) is 10.9. The van der Waals surface area contributed by atoms with Gasteiger partial charge in [-0.15, -0.1) is 24.0 Å². The van der Waals surface area contributed by atoms with Crippen molar-refractivity contribution in [2.75, 3.05) is 19.7 Å². The number of hydrogen-bond acceptors (Lipinski definition) is 2. The van der Waals surface area contributed by atoms with Gasteiger partial charge in [-0.05, 0) is 44.7 Å². The summed E-state index contributed by atoms with van der Waals surface area (Å²) in [5.74, 6) is 1.92. The van der Waals surface area contributed by atoms with E-state index in [2.05, 4.69) is 22.5 Å². The van der Waals surface area contributed by atoms with Gasteiger partial charge in [0.15, 0.2) is 5.96 Å². The third kappa shape index (κ3) is 8.44. The molecule has 2 rings (SSSR count). The molecule has 0 bridgehead atoms. The summed E-state index contributed by atoms with van der Waals surface area (Å²) in [5.41, 5.74) is 0. The normalized spacial score (nSPS) is 15.1. The van der Waals surface area contributed by atoms with E-state index in [0.717, 1.165) is 44.2 Å². The molecular formula is C18H30IN3O. The van der Waals surface area contributed by atoms with Crippen LogP contribution in [-0.4, -0.2) is 31.7 Å². The van der Waals surface area contributed by atoms with Gasteiger partial charge in [0.2, 0.25) is 0 Å². The quantitative estimate of drug-likeness (QED) is 0.284. The second-order valence-electron chi connectivity index (χ2n) is 5.75. The maximum atomic E-state index is 5.69. The van der Waals surface area contributed by atoms with E-state index in [4.69, 9.17) is 4.74 Å². The first-order valence-electron chi connectivity index (χ1n) is 8.61. The molecule has 1 aromatic rings. The molecule has 0 radical (unpaired) electrons. The van der Waals surface area contributed by atoms with Crippen LogP contribution in [0.4, 0.5) is 0 Å². The van der Waals surface area contributed by atoms with E-state index >= 15 is 0 Å². The molecule has 1 aliphatic rings.